The average molecular weight is 253 g/mol. The fraction of sp³-hybridized carbons (Fsp3) is 0.385. The summed E-state index contributed by atoms with van der Waals surface area (Å²) in [4.78, 5) is 0.363. The molecule has 0 aromatic heterocycles. The zero-order valence-corrected chi connectivity index (χ0v) is 11.1. The molecule has 1 unspecified atom stereocenters. The molecule has 1 aromatic rings. The lowest BCUT2D eigenvalue weighted by molar-refractivity contribution is 0.557. The molecule has 0 fully saturated rings. The summed E-state index contributed by atoms with van der Waals surface area (Å²) in [5.41, 5.74) is 0.981. The quantitative estimate of drug-likeness (QED) is 0.791. The molecule has 4 heteroatoms. The van der Waals surface area contributed by atoms with Crippen LogP contribution in [-0.4, -0.2) is 21.2 Å². The van der Waals surface area contributed by atoms with Crippen molar-refractivity contribution in [1.82, 2.24) is 5.32 Å². The average Bonchev–Trinajstić information content (AvgIpc) is 2.28. The van der Waals surface area contributed by atoms with Crippen LogP contribution < -0.4 is 5.32 Å². The van der Waals surface area contributed by atoms with Gasteiger partial charge in [0, 0.05) is 12.3 Å². The van der Waals surface area contributed by atoms with Crippen LogP contribution in [0.4, 0.5) is 0 Å². The smallest absolute Gasteiger partial charge is 0.175 e. The van der Waals surface area contributed by atoms with Gasteiger partial charge in [0.2, 0.25) is 0 Å². The van der Waals surface area contributed by atoms with E-state index in [4.69, 9.17) is 0 Å². The Labute approximate surface area is 103 Å². The molecule has 0 heterocycles. The number of hydrogen-bond donors (Lipinski definition) is 1. The Morgan fingerprint density at radius 3 is 2.71 bits per heavy atom. The van der Waals surface area contributed by atoms with Gasteiger partial charge >= 0.3 is 0 Å². The van der Waals surface area contributed by atoms with E-state index in [0.29, 0.717) is 4.90 Å². The van der Waals surface area contributed by atoms with Crippen LogP contribution in [0.15, 0.2) is 41.8 Å². The number of sulfone groups is 1. The lowest BCUT2D eigenvalue weighted by Gasteiger charge is -2.17. The monoisotopic (exact) mass is 253 g/mol. The van der Waals surface area contributed by atoms with Crippen molar-refractivity contribution in [3.05, 3.63) is 42.5 Å². The maximum atomic E-state index is 11.5. The molecule has 1 aromatic carbocycles. The van der Waals surface area contributed by atoms with Crippen LogP contribution in [-0.2, 0) is 9.84 Å². The molecule has 3 nitrogen and oxygen atoms in total. The van der Waals surface area contributed by atoms with Crippen molar-refractivity contribution in [2.75, 3.05) is 12.8 Å². The van der Waals surface area contributed by atoms with Gasteiger partial charge in [-0.1, -0.05) is 25.1 Å². The minimum atomic E-state index is -3.14. The highest BCUT2D eigenvalue weighted by Crippen LogP contribution is 2.20. The summed E-state index contributed by atoms with van der Waals surface area (Å²) in [7, 11) is -3.14. The van der Waals surface area contributed by atoms with Crippen molar-refractivity contribution in [2.24, 2.45) is 0 Å². The van der Waals surface area contributed by atoms with Gasteiger partial charge in [-0.05, 0) is 30.7 Å². The molecule has 0 aliphatic rings. The molecule has 0 aliphatic heterocycles. The Morgan fingerprint density at radius 2 is 2.18 bits per heavy atom. The number of rotatable bonds is 6. The summed E-state index contributed by atoms with van der Waals surface area (Å²) in [5, 5.41) is 3.31. The fourth-order valence-corrected chi connectivity index (χ4v) is 2.39. The van der Waals surface area contributed by atoms with Crippen molar-refractivity contribution < 1.29 is 8.42 Å². The predicted molar refractivity (Wildman–Crippen MR) is 70.8 cm³/mol. The molecular weight excluding hydrogens is 234 g/mol. The third-order valence-electron chi connectivity index (χ3n) is 2.54. The maximum Gasteiger partial charge on any atom is 0.175 e. The molecule has 0 aliphatic carbocycles. The minimum Gasteiger partial charge on any atom is -0.310 e. The second-order valence-electron chi connectivity index (χ2n) is 3.98. The molecule has 0 bridgehead atoms. The first-order valence-electron chi connectivity index (χ1n) is 5.63. The third kappa shape index (κ3) is 3.98. The molecule has 0 saturated carbocycles. The summed E-state index contributed by atoms with van der Waals surface area (Å²) in [6, 6.07) is 7.19. The summed E-state index contributed by atoms with van der Waals surface area (Å²) in [6.07, 6.45) is 3.84. The highest BCUT2D eigenvalue weighted by atomic mass is 32.2. The molecule has 1 rings (SSSR count). The zero-order valence-electron chi connectivity index (χ0n) is 10.3. The highest BCUT2D eigenvalue weighted by Gasteiger charge is 2.12. The van der Waals surface area contributed by atoms with Gasteiger partial charge < -0.3 is 5.32 Å². The Hall–Kier alpha value is -1.13. The van der Waals surface area contributed by atoms with E-state index in [2.05, 4.69) is 11.9 Å². The topological polar surface area (TPSA) is 46.2 Å². The van der Waals surface area contributed by atoms with Crippen LogP contribution in [0.1, 0.15) is 24.9 Å². The first-order valence-corrected chi connectivity index (χ1v) is 7.52. The Bertz CT molecular complexity index is 480. The van der Waals surface area contributed by atoms with Crippen LogP contribution in [0.2, 0.25) is 0 Å². The van der Waals surface area contributed by atoms with Gasteiger partial charge in [0.25, 0.3) is 0 Å². The van der Waals surface area contributed by atoms with E-state index >= 15 is 0 Å². The van der Waals surface area contributed by atoms with Gasteiger partial charge in [0.15, 0.2) is 9.84 Å². The lowest BCUT2D eigenvalue weighted by Crippen LogP contribution is -2.20. The highest BCUT2D eigenvalue weighted by molar-refractivity contribution is 7.90. The molecule has 0 spiro atoms. The zero-order chi connectivity index (χ0) is 12.9. The van der Waals surface area contributed by atoms with Crippen molar-refractivity contribution >= 4 is 9.84 Å². The van der Waals surface area contributed by atoms with Gasteiger partial charge in [-0.2, -0.15) is 0 Å². The SMILES string of the molecule is C=CCC(NCC)c1cccc(S(C)(=O)=O)c1. The predicted octanol–water partition coefficient (Wildman–Crippen LogP) is 2.32. The van der Waals surface area contributed by atoms with E-state index in [1.54, 1.807) is 18.2 Å². The van der Waals surface area contributed by atoms with Crippen molar-refractivity contribution in [1.29, 1.82) is 0 Å². The van der Waals surface area contributed by atoms with Gasteiger partial charge in [-0.3, -0.25) is 0 Å². The summed E-state index contributed by atoms with van der Waals surface area (Å²) >= 11 is 0. The third-order valence-corrected chi connectivity index (χ3v) is 3.65. The van der Waals surface area contributed by atoms with E-state index in [9.17, 15) is 8.42 Å². The normalized spacial score (nSPS) is 13.3. The Morgan fingerprint density at radius 1 is 1.47 bits per heavy atom. The molecule has 1 N–H and O–H groups in total. The largest absolute Gasteiger partial charge is 0.310 e. The molecular formula is C13H19NO2S. The first kappa shape index (κ1) is 13.9. The molecule has 17 heavy (non-hydrogen) atoms. The van der Waals surface area contributed by atoms with Gasteiger partial charge in [0.1, 0.15) is 0 Å². The Kier molecular flexibility index (Phi) is 4.90. The lowest BCUT2D eigenvalue weighted by atomic mass is 10.0. The first-order chi connectivity index (χ1) is 7.99. The molecule has 94 valence electrons. The van der Waals surface area contributed by atoms with Gasteiger partial charge in [-0.25, -0.2) is 8.42 Å². The maximum absolute atomic E-state index is 11.5. The second kappa shape index (κ2) is 5.98. The van der Waals surface area contributed by atoms with E-state index in [0.717, 1.165) is 18.5 Å². The van der Waals surface area contributed by atoms with Crippen LogP contribution in [0.5, 0.6) is 0 Å². The van der Waals surface area contributed by atoms with Crippen molar-refractivity contribution in [2.45, 2.75) is 24.3 Å². The molecule has 1 atom stereocenters. The number of benzene rings is 1. The van der Waals surface area contributed by atoms with Crippen LogP contribution in [0.3, 0.4) is 0 Å². The van der Waals surface area contributed by atoms with Crippen LogP contribution in [0.25, 0.3) is 0 Å². The van der Waals surface area contributed by atoms with Crippen LogP contribution >= 0.6 is 0 Å². The molecule has 0 radical (unpaired) electrons. The van der Waals surface area contributed by atoms with E-state index in [1.165, 1.54) is 6.26 Å². The van der Waals surface area contributed by atoms with E-state index in [1.807, 2.05) is 19.1 Å². The van der Waals surface area contributed by atoms with Crippen molar-refractivity contribution in [3.8, 4) is 0 Å². The summed E-state index contributed by atoms with van der Waals surface area (Å²) < 4.78 is 23.0. The minimum absolute atomic E-state index is 0.124. The van der Waals surface area contributed by atoms with Gasteiger partial charge in [-0.15, -0.1) is 6.58 Å². The van der Waals surface area contributed by atoms with E-state index in [-0.39, 0.29) is 6.04 Å². The number of hydrogen-bond acceptors (Lipinski definition) is 3. The molecule has 0 saturated heterocycles. The van der Waals surface area contributed by atoms with Crippen molar-refractivity contribution in [3.63, 3.8) is 0 Å². The summed E-state index contributed by atoms with van der Waals surface area (Å²) in [5.74, 6) is 0. The van der Waals surface area contributed by atoms with E-state index < -0.39 is 9.84 Å². The number of nitrogens with one attached hydrogen (secondary N) is 1. The second-order valence-corrected chi connectivity index (χ2v) is 6.00. The Balaban J connectivity index is 3.08. The summed E-state index contributed by atoms with van der Waals surface area (Å²) in [6.45, 7) is 6.58. The molecule has 0 amide bonds. The fourth-order valence-electron chi connectivity index (χ4n) is 1.71. The standard InChI is InChI=1S/C13H19NO2S/c1-4-7-13(14-5-2)11-8-6-9-12(10-11)17(3,15)16/h4,6,8-10,13-14H,1,5,7H2,2-3H3. The van der Waals surface area contributed by atoms with Gasteiger partial charge in [0.05, 0.1) is 4.90 Å². The van der Waals surface area contributed by atoms with Crippen LogP contribution in [0, 0.1) is 0 Å².